The number of fused-ring (bicyclic) bond motifs is 2. The van der Waals surface area contributed by atoms with Crippen molar-refractivity contribution in [1.29, 1.82) is 0 Å². The molecule has 0 unspecified atom stereocenters. The maximum Gasteiger partial charge on any atom is 0.0577 e. The van der Waals surface area contributed by atoms with Crippen LogP contribution in [0.4, 0.5) is 0 Å². The van der Waals surface area contributed by atoms with Crippen LogP contribution >= 0.6 is 0 Å². The fourth-order valence-electron chi connectivity index (χ4n) is 3.40. The molecule has 14 heavy (non-hydrogen) atoms. The van der Waals surface area contributed by atoms with Gasteiger partial charge in [-0.05, 0) is 42.6 Å². The molecule has 1 heteroatoms. The summed E-state index contributed by atoms with van der Waals surface area (Å²) in [7, 11) is 0. The van der Waals surface area contributed by atoms with Gasteiger partial charge in [-0.3, -0.25) is 0 Å². The van der Waals surface area contributed by atoms with Gasteiger partial charge in [-0.1, -0.05) is 30.3 Å². The van der Waals surface area contributed by atoms with Gasteiger partial charge in [-0.25, -0.2) is 0 Å². The highest BCUT2D eigenvalue weighted by atomic mass is 16.3. The van der Waals surface area contributed by atoms with Gasteiger partial charge >= 0.3 is 0 Å². The number of aliphatic hydroxyl groups excluding tert-OH is 1. The minimum absolute atomic E-state index is 0.0287. The van der Waals surface area contributed by atoms with Gasteiger partial charge in [0, 0.05) is 0 Å². The molecule has 1 aromatic carbocycles. The first-order chi connectivity index (χ1) is 6.84. The maximum absolute atomic E-state index is 9.85. The van der Waals surface area contributed by atoms with E-state index in [4.69, 9.17) is 0 Å². The molecule has 2 saturated carbocycles. The zero-order valence-corrected chi connectivity index (χ0v) is 8.26. The van der Waals surface area contributed by atoms with Crippen LogP contribution in [0.2, 0.25) is 0 Å². The molecule has 0 amide bonds. The van der Waals surface area contributed by atoms with E-state index in [0.29, 0.717) is 11.8 Å². The van der Waals surface area contributed by atoms with Crippen LogP contribution in [0.5, 0.6) is 0 Å². The first-order valence-corrected chi connectivity index (χ1v) is 5.57. The molecule has 2 fully saturated rings. The third kappa shape index (κ3) is 1.19. The van der Waals surface area contributed by atoms with E-state index in [-0.39, 0.29) is 6.10 Å². The Morgan fingerprint density at radius 3 is 2.43 bits per heavy atom. The first kappa shape index (κ1) is 8.49. The molecule has 0 aliphatic heterocycles. The Kier molecular flexibility index (Phi) is 1.88. The Balaban J connectivity index is 1.88. The zero-order valence-electron chi connectivity index (χ0n) is 8.26. The van der Waals surface area contributed by atoms with Crippen LogP contribution in [-0.2, 0) is 0 Å². The van der Waals surface area contributed by atoms with Gasteiger partial charge < -0.3 is 5.11 Å². The van der Waals surface area contributed by atoms with Crippen LogP contribution < -0.4 is 0 Å². The lowest BCUT2D eigenvalue weighted by Gasteiger charge is -2.26. The molecular weight excluding hydrogens is 172 g/mol. The summed E-state index contributed by atoms with van der Waals surface area (Å²) in [6.45, 7) is 0. The molecule has 2 aliphatic carbocycles. The fraction of sp³-hybridized carbons (Fsp3) is 0.538. The summed E-state index contributed by atoms with van der Waals surface area (Å²) in [4.78, 5) is 0. The van der Waals surface area contributed by atoms with Crippen molar-refractivity contribution in [2.45, 2.75) is 31.3 Å². The van der Waals surface area contributed by atoms with Crippen molar-refractivity contribution in [2.75, 3.05) is 0 Å². The lowest BCUT2D eigenvalue weighted by molar-refractivity contribution is 0.101. The summed E-state index contributed by atoms with van der Waals surface area (Å²) >= 11 is 0. The van der Waals surface area contributed by atoms with Crippen molar-refractivity contribution in [1.82, 2.24) is 0 Å². The second-order valence-corrected chi connectivity index (χ2v) is 4.82. The van der Waals surface area contributed by atoms with Crippen LogP contribution in [0.15, 0.2) is 30.3 Å². The van der Waals surface area contributed by atoms with Crippen molar-refractivity contribution in [3.8, 4) is 0 Å². The highest BCUT2D eigenvalue weighted by molar-refractivity contribution is 5.23. The van der Waals surface area contributed by atoms with E-state index in [1.165, 1.54) is 18.4 Å². The van der Waals surface area contributed by atoms with Crippen molar-refractivity contribution < 1.29 is 5.11 Å². The van der Waals surface area contributed by atoms with Crippen molar-refractivity contribution in [2.24, 2.45) is 11.8 Å². The van der Waals surface area contributed by atoms with E-state index >= 15 is 0 Å². The van der Waals surface area contributed by atoms with E-state index < -0.39 is 0 Å². The van der Waals surface area contributed by atoms with E-state index in [1.54, 1.807) is 0 Å². The highest BCUT2D eigenvalue weighted by Crippen LogP contribution is 2.52. The second-order valence-electron chi connectivity index (χ2n) is 4.82. The third-order valence-electron chi connectivity index (χ3n) is 4.01. The summed E-state index contributed by atoms with van der Waals surface area (Å²) in [6.07, 6.45) is 3.57. The summed E-state index contributed by atoms with van der Waals surface area (Å²) in [5, 5.41) is 9.85. The Labute approximate surface area is 84.8 Å². The Bertz CT molecular complexity index is 319. The maximum atomic E-state index is 9.85. The molecule has 2 aliphatic rings. The molecule has 1 aromatic rings. The van der Waals surface area contributed by atoms with E-state index in [9.17, 15) is 5.11 Å². The molecule has 0 aromatic heterocycles. The lowest BCUT2D eigenvalue weighted by Crippen LogP contribution is -2.22. The molecule has 0 spiro atoms. The molecule has 1 N–H and O–H groups in total. The second kappa shape index (κ2) is 3.09. The van der Waals surface area contributed by atoms with Gasteiger partial charge in [0.05, 0.1) is 6.10 Å². The Morgan fingerprint density at radius 1 is 1.00 bits per heavy atom. The van der Waals surface area contributed by atoms with E-state index in [1.807, 2.05) is 0 Å². The number of aliphatic hydroxyl groups is 1. The van der Waals surface area contributed by atoms with Gasteiger partial charge in [0.15, 0.2) is 0 Å². The first-order valence-electron chi connectivity index (χ1n) is 5.57. The smallest absolute Gasteiger partial charge is 0.0577 e. The summed E-state index contributed by atoms with van der Waals surface area (Å²) in [5.74, 6) is 1.97. The average Bonchev–Trinajstić information content (AvgIpc) is 2.77. The summed E-state index contributed by atoms with van der Waals surface area (Å²) in [5.41, 5.74) is 1.43. The highest BCUT2D eigenvalue weighted by Gasteiger charge is 2.45. The molecule has 3 rings (SSSR count). The predicted octanol–water partition coefficient (Wildman–Crippen LogP) is 2.56. The number of benzene rings is 1. The van der Waals surface area contributed by atoms with Gasteiger partial charge in [-0.2, -0.15) is 0 Å². The number of hydrogen-bond donors (Lipinski definition) is 1. The quantitative estimate of drug-likeness (QED) is 0.718. The number of rotatable bonds is 1. The fourth-order valence-corrected chi connectivity index (χ4v) is 3.40. The minimum atomic E-state index is -0.0287. The molecule has 74 valence electrons. The van der Waals surface area contributed by atoms with Crippen molar-refractivity contribution >= 4 is 0 Å². The third-order valence-corrected chi connectivity index (χ3v) is 4.01. The van der Waals surface area contributed by atoms with E-state index in [0.717, 1.165) is 12.3 Å². The van der Waals surface area contributed by atoms with Crippen LogP contribution in [0.25, 0.3) is 0 Å². The zero-order chi connectivity index (χ0) is 9.54. The predicted molar refractivity (Wildman–Crippen MR) is 56.0 cm³/mol. The van der Waals surface area contributed by atoms with Crippen LogP contribution in [0.3, 0.4) is 0 Å². The molecule has 4 atom stereocenters. The van der Waals surface area contributed by atoms with Gasteiger partial charge in [0.2, 0.25) is 0 Å². The topological polar surface area (TPSA) is 20.2 Å². The molecule has 1 nitrogen and oxygen atoms in total. The van der Waals surface area contributed by atoms with Crippen molar-refractivity contribution in [3.05, 3.63) is 35.9 Å². The molecular formula is C13H16O. The molecule has 2 bridgehead atoms. The van der Waals surface area contributed by atoms with Gasteiger partial charge in [0.1, 0.15) is 0 Å². The summed E-state index contributed by atoms with van der Waals surface area (Å²) in [6, 6.07) is 10.7. The molecule has 0 radical (unpaired) electrons. The molecule has 0 saturated heterocycles. The van der Waals surface area contributed by atoms with Gasteiger partial charge in [0.25, 0.3) is 0 Å². The average molecular weight is 188 g/mol. The molecule has 0 heterocycles. The van der Waals surface area contributed by atoms with Crippen molar-refractivity contribution in [3.63, 3.8) is 0 Å². The van der Waals surface area contributed by atoms with Crippen LogP contribution in [0, 0.1) is 11.8 Å². The SMILES string of the molecule is O[C@H]1C[C@@H]2C[C@H]1[C@@H](c1ccccc1)C2. The largest absolute Gasteiger partial charge is 0.393 e. The number of hydrogen-bond acceptors (Lipinski definition) is 1. The lowest BCUT2D eigenvalue weighted by atomic mass is 9.82. The van der Waals surface area contributed by atoms with E-state index in [2.05, 4.69) is 30.3 Å². The van der Waals surface area contributed by atoms with Crippen LogP contribution in [-0.4, -0.2) is 11.2 Å². The van der Waals surface area contributed by atoms with Gasteiger partial charge in [-0.15, -0.1) is 0 Å². The Morgan fingerprint density at radius 2 is 1.79 bits per heavy atom. The normalized spacial score (nSPS) is 40.4. The summed E-state index contributed by atoms with van der Waals surface area (Å²) < 4.78 is 0. The van der Waals surface area contributed by atoms with Crippen LogP contribution in [0.1, 0.15) is 30.7 Å². The Hall–Kier alpha value is -0.820. The standard InChI is InChI=1S/C13H16O/c14-13-8-9-6-11(12(13)7-9)10-4-2-1-3-5-10/h1-5,9,11-14H,6-8H2/t9-,11+,12-,13-/m0/s1. The minimum Gasteiger partial charge on any atom is -0.393 e. The monoisotopic (exact) mass is 188 g/mol.